The zero-order valence-electron chi connectivity index (χ0n) is 23.0. The zero-order chi connectivity index (χ0) is 26.6. The Morgan fingerprint density at radius 1 is 0.417 bits per heavy atom. The molecule has 0 saturated heterocycles. The third-order valence-electron chi connectivity index (χ3n) is 6.92. The van der Waals surface area contributed by atoms with E-state index in [1.54, 1.807) is 0 Å². The monoisotopic (exact) mass is 480 g/mol. The first-order chi connectivity index (χ1) is 17.0. The second kappa shape index (κ2) is 11.2. The van der Waals surface area contributed by atoms with Crippen molar-refractivity contribution in [3.63, 3.8) is 0 Å². The fourth-order valence-corrected chi connectivity index (χ4v) is 4.53. The smallest absolute Gasteiger partial charge is 0.0393 e. The van der Waals surface area contributed by atoms with Gasteiger partial charge in [-0.25, -0.2) is 0 Å². The molecular weight excluding hydrogens is 440 g/mol. The van der Waals surface area contributed by atoms with Gasteiger partial charge in [-0.05, 0) is 109 Å². The van der Waals surface area contributed by atoms with Crippen LogP contribution in [0.15, 0.2) is 72.8 Å². The van der Waals surface area contributed by atoms with E-state index in [1.165, 1.54) is 55.9 Å². The standard InChI is InChI=1S/2C16H20N2/c2*1-11-12(2)16(18(3)4)10-9-15(11)13-5-7-14(17)8-6-13/h2*5-10H,17H2,1-4H3. The van der Waals surface area contributed by atoms with E-state index in [4.69, 9.17) is 11.5 Å². The van der Waals surface area contributed by atoms with Crippen LogP contribution in [-0.4, -0.2) is 28.2 Å². The molecule has 4 aromatic carbocycles. The number of hydrogen-bond acceptors (Lipinski definition) is 4. The van der Waals surface area contributed by atoms with Gasteiger partial charge in [0.1, 0.15) is 0 Å². The van der Waals surface area contributed by atoms with Crippen LogP contribution >= 0.6 is 0 Å². The molecule has 0 radical (unpaired) electrons. The van der Waals surface area contributed by atoms with Gasteiger partial charge < -0.3 is 21.3 Å². The summed E-state index contributed by atoms with van der Waals surface area (Å²) in [4.78, 5) is 4.30. The summed E-state index contributed by atoms with van der Waals surface area (Å²) >= 11 is 0. The van der Waals surface area contributed by atoms with Crippen molar-refractivity contribution in [3.05, 3.63) is 95.1 Å². The van der Waals surface area contributed by atoms with Crippen LogP contribution in [-0.2, 0) is 0 Å². The van der Waals surface area contributed by atoms with Gasteiger partial charge in [0.05, 0.1) is 0 Å². The topological polar surface area (TPSA) is 58.5 Å². The van der Waals surface area contributed by atoms with Crippen molar-refractivity contribution in [2.45, 2.75) is 27.7 Å². The zero-order valence-corrected chi connectivity index (χ0v) is 23.0. The Balaban J connectivity index is 0.000000201. The van der Waals surface area contributed by atoms with Crippen LogP contribution in [0.3, 0.4) is 0 Å². The van der Waals surface area contributed by atoms with Crippen LogP contribution in [0.5, 0.6) is 0 Å². The third-order valence-corrected chi connectivity index (χ3v) is 6.92. The van der Waals surface area contributed by atoms with Gasteiger partial charge in [-0.15, -0.1) is 0 Å². The minimum atomic E-state index is 0.804. The molecule has 188 valence electrons. The molecule has 0 unspecified atom stereocenters. The second-order valence-electron chi connectivity index (χ2n) is 9.80. The highest BCUT2D eigenvalue weighted by atomic mass is 15.1. The Hall–Kier alpha value is -3.92. The van der Waals surface area contributed by atoms with Crippen LogP contribution in [0.25, 0.3) is 22.3 Å². The van der Waals surface area contributed by atoms with E-state index >= 15 is 0 Å². The fourth-order valence-electron chi connectivity index (χ4n) is 4.53. The largest absolute Gasteiger partial charge is 0.399 e. The highest BCUT2D eigenvalue weighted by Crippen LogP contribution is 2.32. The van der Waals surface area contributed by atoms with Gasteiger partial charge in [0.25, 0.3) is 0 Å². The molecule has 4 N–H and O–H groups in total. The fraction of sp³-hybridized carbons (Fsp3) is 0.250. The molecule has 0 heterocycles. The number of anilines is 4. The van der Waals surface area contributed by atoms with Gasteiger partial charge in [0, 0.05) is 50.9 Å². The number of nitrogen functional groups attached to an aromatic ring is 2. The lowest BCUT2D eigenvalue weighted by atomic mass is 9.95. The molecule has 4 aromatic rings. The molecule has 4 rings (SSSR count). The Labute approximate surface area is 217 Å². The average molecular weight is 481 g/mol. The van der Waals surface area contributed by atoms with E-state index in [-0.39, 0.29) is 0 Å². The molecule has 4 heteroatoms. The lowest BCUT2D eigenvalue weighted by Gasteiger charge is -2.19. The first kappa shape index (κ1) is 26.7. The van der Waals surface area contributed by atoms with Gasteiger partial charge in [-0.1, -0.05) is 36.4 Å². The molecule has 0 bridgehead atoms. The van der Waals surface area contributed by atoms with Crippen molar-refractivity contribution >= 4 is 22.7 Å². The minimum Gasteiger partial charge on any atom is -0.399 e. The number of nitrogens with two attached hydrogens (primary N) is 2. The van der Waals surface area contributed by atoms with Crippen molar-refractivity contribution in [3.8, 4) is 22.3 Å². The molecule has 0 saturated carbocycles. The predicted molar refractivity (Wildman–Crippen MR) is 160 cm³/mol. The van der Waals surface area contributed by atoms with Crippen molar-refractivity contribution < 1.29 is 0 Å². The molecule has 0 amide bonds. The predicted octanol–water partition coefficient (Wildman–Crippen LogP) is 7.24. The maximum absolute atomic E-state index is 5.73. The second-order valence-corrected chi connectivity index (χ2v) is 9.80. The summed E-state index contributed by atoms with van der Waals surface area (Å²) in [5.74, 6) is 0. The molecule has 0 aromatic heterocycles. The van der Waals surface area contributed by atoms with Crippen LogP contribution < -0.4 is 21.3 Å². The molecular formula is C32H40N4. The van der Waals surface area contributed by atoms with Crippen LogP contribution in [0.2, 0.25) is 0 Å². The maximum Gasteiger partial charge on any atom is 0.0393 e. The number of hydrogen-bond donors (Lipinski definition) is 2. The number of nitrogens with zero attached hydrogens (tertiary/aromatic N) is 2. The van der Waals surface area contributed by atoms with Crippen LogP contribution in [0.4, 0.5) is 22.7 Å². The first-order valence-electron chi connectivity index (χ1n) is 12.3. The summed E-state index contributed by atoms with van der Waals surface area (Å²) in [6.45, 7) is 8.69. The van der Waals surface area contributed by atoms with Crippen molar-refractivity contribution in [2.24, 2.45) is 0 Å². The summed E-state index contributed by atoms with van der Waals surface area (Å²) in [5, 5.41) is 0. The summed E-state index contributed by atoms with van der Waals surface area (Å²) < 4.78 is 0. The quantitative estimate of drug-likeness (QED) is 0.302. The van der Waals surface area contributed by atoms with E-state index in [0.29, 0.717) is 0 Å². The SMILES string of the molecule is Cc1c(-c2ccc(N)cc2)ccc(N(C)C)c1C.Cc1c(-c2ccc(N)cc2)ccc(N(C)C)c1C. The van der Waals surface area contributed by atoms with E-state index in [1.807, 2.05) is 24.3 Å². The molecule has 4 nitrogen and oxygen atoms in total. The van der Waals surface area contributed by atoms with Crippen molar-refractivity contribution in [2.75, 3.05) is 49.5 Å². The average Bonchev–Trinajstić information content (AvgIpc) is 2.84. The summed E-state index contributed by atoms with van der Waals surface area (Å²) in [6.07, 6.45) is 0. The lowest BCUT2D eigenvalue weighted by Crippen LogP contribution is -2.11. The maximum atomic E-state index is 5.73. The minimum absolute atomic E-state index is 0.804. The van der Waals surface area contributed by atoms with E-state index in [0.717, 1.165) is 11.4 Å². The molecule has 0 fully saturated rings. The molecule has 0 spiro atoms. The van der Waals surface area contributed by atoms with E-state index < -0.39 is 0 Å². The molecule has 0 aliphatic rings. The first-order valence-corrected chi connectivity index (χ1v) is 12.3. The lowest BCUT2D eigenvalue weighted by molar-refractivity contribution is 1.11. The Bertz CT molecular complexity index is 1210. The van der Waals surface area contributed by atoms with Crippen molar-refractivity contribution in [1.82, 2.24) is 0 Å². The van der Waals surface area contributed by atoms with Gasteiger partial charge >= 0.3 is 0 Å². The molecule has 0 atom stereocenters. The van der Waals surface area contributed by atoms with Crippen molar-refractivity contribution in [1.29, 1.82) is 0 Å². The van der Waals surface area contributed by atoms with Gasteiger partial charge in [0.15, 0.2) is 0 Å². The normalized spacial score (nSPS) is 10.4. The highest BCUT2D eigenvalue weighted by molar-refractivity contribution is 5.75. The highest BCUT2D eigenvalue weighted by Gasteiger charge is 2.10. The number of benzene rings is 4. The molecule has 0 aliphatic carbocycles. The van der Waals surface area contributed by atoms with Gasteiger partial charge in [0.2, 0.25) is 0 Å². The molecule has 0 aliphatic heterocycles. The van der Waals surface area contributed by atoms with E-state index in [2.05, 4.69) is 114 Å². The summed E-state index contributed by atoms with van der Waals surface area (Å²) in [6, 6.07) is 24.8. The summed E-state index contributed by atoms with van der Waals surface area (Å²) in [5.41, 5.74) is 25.9. The summed E-state index contributed by atoms with van der Waals surface area (Å²) in [7, 11) is 8.30. The Kier molecular flexibility index (Phi) is 8.31. The van der Waals surface area contributed by atoms with Gasteiger partial charge in [-0.3, -0.25) is 0 Å². The Morgan fingerprint density at radius 2 is 0.722 bits per heavy atom. The number of rotatable bonds is 4. The van der Waals surface area contributed by atoms with Gasteiger partial charge in [-0.2, -0.15) is 0 Å². The van der Waals surface area contributed by atoms with E-state index in [9.17, 15) is 0 Å². The van der Waals surface area contributed by atoms with Crippen LogP contribution in [0, 0.1) is 27.7 Å². The Morgan fingerprint density at radius 3 is 1.00 bits per heavy atom. The molecule has 36 heavy (non-hydrogen) atoms. The third kappa shape index (κ3) is 5.83. The van der Waals surface area contributed by atoms with Crippen LogP contribution in [0.1, 0.15) is 22.3 Å².